The molecule has 1 aliphatic heterocycles. The van der Waals surface area contributed by atoms with Crippen molar-refractivity contribution in [2.24, 2.45) is 0 Å². The van der Waals surface area contributed by atoms with E-state index in [1.807, 2.05) is 73.7 Å². The van der Waals surface area contributed by atoms with Gasteiger partial charge in [-0.2, -0.15) is 0 Å². The van der Waals surface area contributed by atoms with Crippen LogP contribution in [0.2, 0.25) is 0 Å². The second-order valence-electron chi connectivity index (χ2n) is 10.8. The normalized spacial score (nSPS) is 18.0. The summed E-state index contributed by atoms with van der Waals surface area (Å²) in [5.41, 5.74) is 3.80. The summed E-state index contributed by atoms with van der Waals surface area (Å²) in [5, 5.41) is 12.2. The number of carboxylic acids is 1. The third-order valence-electron chi connectivity index (χ3n) is 7.42. The molecule has 2 N–H and O–H groups in total. The van der Waals surface area contributed by atoms with Crippen molar-refractivity contribution >= 4 is 21.7 Å². The van der Waals surface area contributed by atoms with Gasteiger partial charge >= 0.3 is 5.97 Å². The quantitative estimate of drug-likeness (QED) is 0.305. The first-order valence-corrected chi connectivity index (χ1v) is 15.9. The van der Waals surface area contributed by atoms with Gasteiger partial charge in [0.1, 0.15) is 27.7 Å². The lowest BCUT2D eigenvalue weighted by molar-refractivity contribution is -0.139. The number of aliphatic carboxylic acids is 1. The molecule has 1 saturated heterocycles. The molecule has 4 rings (SSSR count). The fraction of sp³-hybridized carbons (Fsp3) is 0.375. The molecule has 0 radical (unpaired) electrons. The zero-order valence-corrected chi connectivity index (χ0v) is 25.0. The largest absolute Gasteiger partial charge is 0.489 e. The number of nitrogens with zero attached hydrogens (tertiary/aromatic N) is 1. The van der Waals surface area contributed by atoms with Gasteiger partial charge in [0, 0.05) is 44.5 Å². The average molecular weight is 595 g/mol. The Bertz CT molecular complexity index is 1490. The van der Waals surface area contributed by atoms with Crippen molar-refractivity contribution in [1.82, 2.24) is 10.2 Å². The van der Waals surface area contributed by atoms with Crippen molar-refractivity contribution < 1.29 is 32.6 Å². The van der Waals surface area contributed by atoms with E-state index in [0.29, 0.717) is 30.8 Å². The lowest BCUT2D eigenvalue weighted by Crippen LogP contribution is -2.42. The summed E-state index contributed by atoms with van der Waals surface area (Å²) in [5.74, 6) is -1.38. The van der Waals surface area contributed by atoms with E-state index in [-0.39, 0.29) is 24.3 Å². The fourth-order valence-corrected chi connectivity index (χ4v) is 5.98. The number of sulfone groups is 1. The van der Waals surface area contributed by atoms with Crippen LogP contribution in [0.25, 0.3) is 11.1 Å². The predicted octanol–water partition coefficient (Wildman–Crippen LogP) is 3.95. The summed E-state index contributed by atoms with van der Waals surface area (Å²) in [7, 11) is -1.71. The summed E-state index contributed by atoms with van der Waals surface area (Å²) >= 11 is 0. The van der Waals surface area contributed by atoms with E-state index in [1.54, 1.807) is 13.2 Å². The number of carboxylic acid groups (broad SMARTS) is 1. The molecular formula is C32H38N2O7S. The van der Waals surface area contributed by atoms with Gasteiger partial charge in [0.2, 0.25) is 0 Å². The first kappa shape index (κ1) is 31.2. The number of aryl methyl sites for hydroxylation is 1. The number of hydrogen-bond donors (Lipinski definition) is 2. The summed E-state index contributed by atoms with van der Waals surface area (Å²) in [6.07, 6.45) is 1.64. The van der Waals surface area contributed by atoms with Gasteiger partial charge in [-0.3, -0.25) is 9.69 Å². The molecule has 0 aromatic heterocycles. The number of rotatable bonds is 13. The molecule has 0 bridgehead atoms. The Morgan fingerprint density at radius 3 is 2.43 bits per heavy atom. The minimum absolute atomic E-state index is 0.00771. The summed E-state index contributed by atoms with van der Waals surface area (Å²) in [6.45, 7) is 3.83. The van der Waals surface area contributed by atoms with Crippen LogP contribution in [-0.2, 0) is 25.9 Å². The Hall–Kier alpha value is -3.73. The number of likely N-dealkylation sites (tertiary alicyclic amines) is 1. The molecule has 42 heavy (non-hydrogen) atoms. The van der Waals surface area contributed by atoms with E-state index in [0.717, 1.165) is 35.1 Å². The van der Waals surface area contributed by atoms with Crippen LogP contribution in [0, 0.1) is 6.92 Å². The van der Waals surface area contributed by atoms with Crippen LogP contribution < -0.4 is 10.1 Å². The monoisotopic (exact) mass is 594 g/mol. The zero-order chi connectivity index (χ0) is 30.3. The van der Waals surface area contributed by atoms with Crippen LogP contribution in [0.4, 0.5) is 0 Å². The number of ether oxygens (including phenoxy) is 2. The molecule has 10 heteroatoms. The highest BCUT2D eigenvalue weighted by molar-refractivity contribution is 7.90. The van der Waals surface area contributed by atoms with Crippen LogP contribution in [0.1, 0.15) is 34.3 Å². The molecule has 0 unspecified atom stereocenters. The van der Waals surface area contributed by atoms with E-state index >= 15 is 0 Å². The van der Waals surface area contributed by atoms with Crippen LogP contribution in [0.3, 0.4) is 0 Å². The number of amides is 1. The Kier molecular flexibility index (Phi) is 10.4. The number of nitrogens with one attached hydrogen (secondary N) is 1. The van der Waals surface area contributed by atoms with Crippen LogP contribution >= 0.6 is 0 Å². The second kappa shape index (κ2) is 14.0. The first-order valence-electron chi connectivity index (χ1n) is 13.9. The molecule has 1 heterocycles. The van der Waals surface area contributed by atoms with Gasteiger partial charge in [-0.05, 0) is 59.9 Å². The molecule has 224 valence electrons. The molecule has 9 nitrogen and oxygen atoms in total. The molecule has 0 aliphatic carbocycles. The topological polar surface area (TPSA) is 122 Å². The van der Waals surface area contributed by atoms with Crippen molar-refractivity contribution in [2.75, 3.05) is 32.3 Å². The van der Waals surface area contributed by atoms with E-state index < -0.39 is 27.8 Å². The smallest absolute Gasteiger partial charge is 0.326 e. The van der Waals surface area contributed by atoms with Crippen molar-refractivity contribution in [3.05, 3.63) is 89.5 Å². The van der Waals surface area contributed by atoms with Crippen molar-refractivity contribution in [2.45, 2.75) is 44.5 Å². The number of carbonyl (C=O) groups excluding carboxylic acids is 1. The van der Waals surface area contributed by atoms with Gasteiger partial charge in [0.05, 0.1) is 12.4 Å². The van der Waals surface area contributed by atoms with E-state index in [2.05, 4.69) is 10.2 Å². The maximum absolute atomic E-state index is 13.4. The van der Waals surface area contributed by atoms with Gasteiger partial charge in [0.15, 0.2) is 0 Å². The number of hydrogen-bond acceptors (Lipinski definition) is 7. The molecule has 3 aromatic rings. The number of para-hydroxylation sites is 1. The lowest BCUT2D eigenvalue weighted by atomic mass is 9.93. The molecule has 1 fully saturated rings. The molecule has 1 aliphatic rings. The van der Waals surface area contributed by atoms with Gasteiger partial charge in [-0.1, -0.05) is 48.5 Å². The van der Waals surface area contributed by atoms with Gasteiger partial charge in [0.25, 0.3) is 5.91 Å². The van der Waals surface area contributed by atoms with Gasteiger partial charge < -0.3 is 19.9 Å². The Labute approximate surface area is 247 Å². The highest BCUT2D eigenvalue weighted by Crippen LogP contribution is 2.31. The number of benzene rings is 3. The minimum atomic E-state index is -3.39. The molecule has 0 spiro atoms. The van der Waals surface area contributed by atoms with Gasteiger partial charge in [-0.25, -0.2) is 13.2 Å². The Morgan fingerprint density at radius 1 is 1.05 bits per heavy atom. The maximum atomic E-state index is 13.4. The van der Waals surface area contributed by atoms with Crippen LogP contribution in [0.5, 0.6) is 5.75 Å². The predicted molar refractivity (Wildman–Crippen MR) is 161 cm³/mol. The molecule has 3 atom stereocenters. The summed E-state index contributed by atoms with van der Waals surface area (Å²) in [4.78, 5) is 27.6. The number of carbonyl (C=O) groups is 2. The SMILES string of the molecule is COC[C@H]1C[C@@H](Oc2ccccc2)CN1Cc1ccc(C(=O)N[C@@H](CCS(C)(=O)=O)C(=O)O)c(-c2ccccc2C)c1. The molecule has 1 amide bonds. The lowest BCUT2D eigenvalue weighted by Gasteiger charge is -2.24. The molecule has 3 aromatic carbocycles. The minimum Gasteiger partial charge on any atom is -0.489 e. The summed E-state index contributed by atoms with van der Waals surface area (Å²) in [6, 6.07) is 21.8. The van der Waals surface area contributed by atoms with E-state index in [4.69, 9.17) is 9.47 Å². The van der Waals surface area contributed by atoms with E-state index in [9.17, 15) is 23.1 Å². The third-order valence-corrected chi connectivity index (χ3v) is 8.40. The van der Waals surface area contributed by atoms with Crippen molar-refractivity contribution in [1.29, 1.82) is 0 Å². The average Bonchev–Trinajstić information content (AvgIpc) is 3.31. The highest BCUT2D eigenvalue weighted by Gasteiger charge is 2.33. The highest BCUT2D eigenvalue weighted by atomic mass is 32.2. The maximum Gasteiger partial charge on any atom is 0.326 e. The zero-order valence-electron chi connectivity index (χ0n) is 24.2. The second-order valence-corrected chi connectivity index (χ2v) is 13.1. The number of methoxy groups -OCH3 is 1. The van der Waals surface area contributed by atoms with Crippen molar-refractivity contribution in [3.8, 4) is 16.9 Å². The standard InChI is InChI=1S/C32H38N2O7S/c1-22-9-7-8-12-27(22)29-17-23(13-14-28(29)31(35)33-30(32(36)37)15-16-42(3,38)39)19-34-20-26(18-24(34)21-40-2)41-25-10-5-4-6-11-25/h4-14,17,24,26,30H,15-16,18-21H2,1-3H3,(H,33,35)(H,36,37)/t24-,26-,30+/m1/s1. The summed E-state index contributed by atoms with van der Waals surface area (Å²) < 4.78 is 35.0. The van der Waals surface area contributed by atoms with E-state index in [1.165, 1.54) is 0 Å². The van der Waals surface area contributed by atoms with Crippen molar-refractivity contribution in [3.63, 3.8) is 0 Å². The third kappa shape index (κ3) is 8.40. The Morgan fingerprint density at radius 2 is 1.76 bits per heavy atom. The van der Waals surface area contributed by atoms with Crippen LogP contribution in [-0.4, -0.2) is 80.8 Å². The fourth-order valence-electron chi connectivity index (χ4n) is 5.32. The molecular weight excluding hydrogens is 556 g/mol. The van der Waals surface area contributed by atoms with Gasteiger partial charge in [-0.15, -0.1) is 0 Å². The molecule has 0 saturated carbocycles. The van der Waals surface area contributed by atoms with Crippen LogP contribution in [0.15, 0.2) is 72.8 Å². The Balaban J connectivity index is 1.60. The first-order chi connectivity index (χ1) is 20.0.